The Kier molecular flexibility index (Phi) is 5.84. The summed E-state index contributed by atoms with van der Waals surface area (Å²) in [7, 11) is 0. The lowest BCUT2D eigenvalue weighted by atomic mass is 10.1. The zero-order valence-corrected chi connectivity index (χ0v) is 17.3. The Morgan fingerprint density at radius 1 is 1.03 bits per heavy atom. The number of anilines is 1. The normalized spacial score (nSPS) is 15.4. The molecular weight excluding hydrogens is 378 g/mol. The average Bonchev–Trinajstić information content (AvgIpc) is 3.37. The maximum absolute atomic E-state index is 12.7. The van der Waals surface area contributed by atoms with Gasteiger partial charge in [0.2, 0.25) is 11.8 Å². The van der Waals surface area contributed by atoms with E-state index in [9.17, 15) is 14.4 Å². The second-order valence-electron chi connectivity index (χ2n) is 7.91. The summed E-state index contributed by atoms with van der Waals surface area (Å²) >= 11 is 0. The number of hydrogen-bond donors (Lipinski definition) is 1. The Labute approximate surface area is 176 Å². The maximum Gasteiger partial charge on any atom is 0.251 e. The molecule has 0 saturated carbocycles. The minimum atomic E-state index is -0.127. The van der Waals surface area contributed by atoms with Crippen molar-refractivity contribution in [2.45, 2.75) is 45.7 Å². The van der Waals surface area contributed by atoms with Crippen LogP contribution in [0.15, 0.2) is 42.5 Å². The molecule has 0 aliphatic carbocycles. The summed E-state index contributed by atoms with van der Waals surface area (Å²) in [6.07, 6.45) is 2.83. The van der Waals surface area contributed by atoms with Gasteiger partial charge in [-0.1, -0.05) is 31.2 Å². The highest BCUT2D eigenvalue weighted by atomic mass is 16.2. The lowest BCUT2D eigenvalue weighted by molar-refractivity contribution is -0.128. The molecule has 0 spiro atoms. The van der Waals surface area contributed by atoms with Crippen LogP contribution in [-0.2, 0) is 29.1 Å². The molecule has 0 unspecified atom stereocenters. The van der Waals surface area contributed by atoms with Crippen LogP contribution in [0, 0.1) is 0 Å². The molecule has 0 aromatic heterocycles. The molecule has 6 nitrogen and oxygen atoms in total. The van der Waals surface area contributed by atoms with Crippen LogP contribution < -0.4 is 10.2 Å². The largest absolute Gasteiger partial charge is 0.348 e. The number of nitrogens with zero attached hydrogens (tertiary/aromatic N) is 2. The minimum Gasteiger partial charge on any atom is -0.348 e. The molecule has 2 aromatic rings. The molecular formula is C24H27N3O3. The standard InChI is InChI=1S/C24H27N3O3/c1-2-22(28)27-12-10-19-14-20(8-9-21(19)27)24(30)25-15-17-5-3-6-18(13-17)16-26-11-4-7-23(26)29/h3,5-6,8-9,13-14H,2,4,7,10-12,15-16H2,1H3,(H,25,30). The van der Waals surface area contributed by atoms with Crippen molar-refractivity contribution >= 4 is 23.4 Å². The fraction of sp³-hybridized carbons (Fsp3) is 0.375. The van der Waals surface area contributed by atoms with Crippen LogP contribution in [0.2, 0.25) is 0 Å². The number of nitrogens with one attached hydrogen (secondary N) is 1. The van der Waals surface area contributed by atoms with Crippen molar-refractivity contribution in [3.63, 3.8) is 0 Å². The van der Waals surface area contributed by atoms with E-state index in [2.05, 4.69) is 5.32 Å². The first-order valence-electron chi connectivity index (χ1n) is 10.6. The molecule has 0 atom stereocenters. The monoisotopic (exact) mass is 405 g/mol. The summed E-state index contributed by atoms with van der Waals surface area (Å²) in [4.78, 5) is 40.2. The smallest absolute Gasteiger partial charge is 0.251 e. The lowest BCUT2D eigenvalue weighted by Crippen LogP contribution is -2.27. The molecule has 3 amide bonds. The zero-order chi connectivity index (χ0) is 21.1. The molecule has 2 aliphatic rings. The van der Waals surface area contributed by atoms with Gasteiger partial charge in [-0.2, -0.15) is 0 Å². The van der Waals surface area contributed by atoms with Gasteiger partial charge in [-0.25, -0.2) is 0 Å². The number of likely N-dealkylation sites (tertiary alicyclic amines) is 1. The van der Waals surface area contributed by atoms with Crippen LogP contribution in [0.25, 0.3) is 0 Å². The summed E-state index contributed by atoms with van der Waals surface area (Å²) in [5.41, 5.74) is 4.66. The van der Waals surface area contributed by atoms with E-state index in [1.165, 1.54) is 0 Å². The molecule has 30 heavy (non-hydrogen) atoms. The summed E-state index contributed by atoms with van der Waals surface area (Å²) in [6, 6.07) is 13.6. The van der Waals surface area contributed by atoms with Crippen molar-refractivity contribution in [3.8, 4) is 0 Å². The number of rotatable bonds is 6. The third-order valence-electron chi connectivity index (χ3n) is 5.83. The van der Waals surface area contributed by atoms with Gasteiger partial charge in [0, 0.05) is 50.3 Å². The SMILES string of the molecule is CCC(=O)N1CCc2cc(C(=O)NCc3cccc(CN4CCCC4=O)c3)ccc21. The molecule has 0 bridgehead atoms. The van der Waals surface area contributed by atoms with Gasteiger partial charge in [0.15, 0.2) is 0 Å². The molecule has 6 heteroatoms. The average molecular weight is 405 g/mol. The Morgan fingerprint density at radius 2 is 1.87 bits per heavy atom. The predicted octanol–water partition coefficient (Wildman–Crippen LogP) is 3.04. The van der Waals surface area contributed by atoms with Gasteiger partial charge in [0.05, 0.1) is 0 Å². The molecule has 1 saturated heterocycles. The van der Waals surface area contributed by atoms with Crippen LogP contribution in [-0.4, -0.2) is 35.7 Å². The van der Waals surface area contributed by atoms with Crippen LogP contribution in [0.5, 0.6) is 0 Å². The van der Waals surface area contributed by atoms with E-state index in [-0.39, 0.29) is 17.7 Å². The first-order valence-corrected chi connectivity index (χ1v) is 10.6. The molecule has 2 aliphatic heterocycles. The highest BCUT2D eigenvalue weighted by Gasteiger charge is 2.24. The highest BCUT2D eigenvalue weighted by Crippen LogP contribution is 2.29. The Hall–Kier alpha value is -3.15. The van der Waals surface area contributed by atoms with E-state index in [0.717, 1.165) is 41.8 Å². The van der Waals surface area contributed by atoms with Gasteiger partial charge in [-0.3, -0.25) is 14.4 Å². The van der Waals surface area contributed by atoms with Crippen LogP contribution >= 0.6 is 0 Å². The van der Waals surface area contributed by atoms with Gasteiger partial charge in [0.25, 0.3) is 5.91 Å². The fourth-order valence-electron chi connectivity index (χ4n) is 4.21. The van der Waals surface area contributed by atoms with Crippen molar-refractivity contribution < 1.29 is 14.4 Å². The fourth-order valence-corrected chi connectivity index (χ4v) is 4.21. The molecule has 0 radical (unpaired) electrons. The second kappa shape index (κ2) is 8.69. The summed E-state index contributed by atoms with van der Waals surface area (Å²) < 4.78 is 0. The van der Waals surface area contributed by atoms with Gasteiger partial charge in [-0.05, 0) is 47.7 Å². The molecule has 1 N–H and O–H groups in total. The van der Waals surface area contributed by atoms with E-state index in [0.29, 0.717) is 38.0 Å². The number of fused-ring (bicyclic) bond motifs is 1. The van der Waals surface area contributed by atoms with E-state index >= 15 is 0 Å². The molecule has 4 rings (SSSR count). The Balaban J connectivity index is 1.38. The predicted molar refractivity (Wildman–Crippen MR) is 115 cm³/mol. The van der Waals surface area contributed by atoms with Crippen molar-refractivity contribution in [3.05, 3.63) is 64.7 Å². The maximum atomic E-state index is 12.7. The van der Waals surface area contributed by atoms with E-state index in [1.54, 1.807) is 11.0 Å². The quantitative estimate of drug-likeness (QED) is 0.803. The third-order valence-corrected chi connectivity index (χ3v) is 5.83. The topological polar surface area (TPSA) is 69.7 Å². The van der Waals surface area contributed by atoms with Crippen molar-refractivity contribution in [1.29, 1.82) is 0 Å². The lowest BCUT2D eigenvalue weighted by Gasteiger charge is -2.17. The van der Waals surface area contributed by atoms with Crippen molar-refractivity contribution in [1.82, 2.24) is 10.2 Å². The van der Waals surface area contributed by atoms with E-state index in [4.69, 9.17) is 0 Å². The number of benzene rings is 2. The van der Waals surface area contributed by atoms with E-state index < -0.39 is 0 Å². The van der Waals surface area contributed by atoms with Crippen LogP contribution in [0.4, 0.5) is 5.69 Å². The minimum absolute atomic E-state index is 0.112. The van der Waals surface area contributed by atoms with Gasteiger partial charge < -0.3 is 15.1 Å². The molecule has 1 fully saturated rings. The Bertz CT molecular complexity index is 985. The summed E-state index contributed by atoms with van der Waals surface area (Å²) in [5.74, 6) is 0.198. The van der Waals surface area contributed by atoms with Gasteiger partial charge in [-0.15, -0.1) is 0 Å². The Morgan fingerprint density at radius 3 is 2.63 bits per heavy atom. The number of carbonyl (C=O) groups excluding carboxylic acids is 3. The van der Waals surface area contributed by atoms with Gasteiger partial charge in [0.1, 0.15) is 0 Å². The number of hydrogen-bond acceptors (Lipinski definition) is 3. The van der Waals surface area contributed by atoms with Crippen molar-refractivity contribution in [2.24, 2.45) is 0 Å². The molecule has 2 heterocycles. The van der Waals surface area contributed by atoms with Crippen LogP contribution in [0.1, 0.15) is 53.2 Å². The number of carbonyl (C=O) groups is 3. The summed E-state index contributed by atoms with van der Waals surface area (Å²) in [6.45, 7) is 4.41. The third kappa shape index (κ3) is 4.22. The molecule has 156 valence electrons. The zero-order valence-electron chi connectivity index (χ0n) is 17.3. The first-order chi connectivity index (χ1) is 14.5. The van der Waals surface area contributed by atoms with Crippen molar-refractivity contribution in [2.75, 3.05) is 18.0 Å². The second-order valence-corrected chi connectivity index (χ2v) is 7.91. The first kappa shape index (κ1) is 20.1. The van der Waals surface area contributed by atoms with Gasteiger partial charge >= 0.3 is 0 Å². The highest BCUT2D eigenvalue weighted by molar-refractivity contribution is 5.98. The van der Waals surface area contributed by atoms with E-state index in [1.807, 2.05) is 48.2 Å². The number of amides is 3. The summed E-state index contributed by atoms with van der Waals surface area (Å²) in [5, 5.41) is 2.98. The molecule has 2 aromatic carbocycles. The van der Waals surface area contributed by atoms with Crippen LogP contribution in [0.3, 0.4) is 0 Å².